The number of amides is 2. The van der Waals surface area contributed by atoms with E-state index in [1.54, 1.807) is 22.3 Å². The van der Waals surface area contributed by atoms with Crippen molar-refractivity contribution in [2.24, 2.45) is 11.1 Å². The Morgan fingerprint density at radius 1 is 1.16 bits per heavy atom. The second kappa shape index (κ2) is 8.61. The number of thiophene rings is 1. The Hall–Kier alpha value is -3.02. The van der Waals surface area contributed by atoms with Gasteiger partial charge in [0.1, 0.15) is 0 Å². The highest BCUT2D eigenvalue weighted by Gasteiger charge is 2.29. The fourth-order valence-corrected chi connectivity index (χ4v) is 4.68. The first-order chi connectivity index (χ1) is 14.8. The third-order valence-electron chi connectivity index (χ3n) is 5.19. The Morgan fingerprint density at radius 3 is 2.48 bits per heavy atom. The lowest BCUT2D eigenvalue weighted by Crippen LogP contribution is -2.41. The number of hydrogen-bond acceptors (Lipinski definition) is 6. The summed E-state index contributed by atoms with van der Waals surface area (Å²) in [6.45, 7) is 0.922. The summed E-state index contributed by atoms with van der Waals surface area (Å²) < 4.78 is 22.6. The first kappa shape index (κ1) is 21.2. The van der Waals surface area contributed by atoms with Gasteiger partial charge in [-0.15, -0.1) is 11.3 Å². The van der Waals surface area contributed by atoms with Crippen molar-refractivity contribution in [2.75, 3.05) is 18.4 Å². The lowest BCUT2D eigenvalue weighted by molar-refractivity contribution is -0.121. The molecule has 0 unspecified atom stereocenters. The monoisotopic (exact) mass is 459 g/mol. The van der Waals surface area contributed by atoms with Crippen LogP contribution in [0, 0.1) is 5.92 Å². The molecule has 0 saturated carbocycles. The zero-order chi connectivity index (χ0) is 22.0. The molecule has 1 aliphatic heterocycles. The SMILES string of the molecule is NS(=O)(=O)c1ccc(NC(=O)C2CCN(C(=O)c3cc(-c4cccs4)[nH]n3)CC2)cc1. The molecule has 162 valence electrons. The Morgan fingerprint density at radius 2 is 1.87 bits per heavy atom. The smallest absolute Gasteiger partial charge is 0.274 e. The number of primary sulfonamides is 1. The first-order valence-corrected chi connectivity index (χ1v) is 12.1. The van der Waals surface area contributed by atoms with E-state index in [1.807, 2.05) is 17.5 Å². The van der Waals surface area contributed by atoms with Gasteiger partial charge in [-0.3, -0.25) is 14.7 Å². The van der Waals surface area contributed by atoms with E-state index >= 15 is 0 Å². The number of benzene rings is 1. The van der Waals surface area contributed by atoms with Crippen molar-refractivity contribution in [2.45, 2.75) is 17.7 Å². The van der Waals surface area contributed by atoms with Gasteiger partial charge in [0.05, 0.1) is 15.5 Å². The van der Waals surface area contributed by atoms with Gasteiger partial charge in [-0.2, -0.15) is 5.10 Å². The van der Waals surface area contributed by atoms with Gasteiger partial charge in [0.2, 0.25) is 15.9 Å². The van der Waals surface area contributed by atoms with Crippen molar-refractivity contribution in [3.63, 3.8) is 0 Å². The fourth-order valence-electron chi connectivity index (χ4n) is 3.47. The number of nitrogens with zero attached hydrogens (tertiary/aromatic N) is 2. The number of carbonyl (C=O) groups is 2. The predicted molar refractivity (Wildman–Crippen MR) is 117 cm³/mol. The molecular formula is C20H21N5O4S2. The van der Waals surface area contributed by atoms with E-state index in [0.717, 1.165) is 10.6 Å². The Bertz CT molecular complexity index is 1180. The molecule has 1 saturated heterocycles. The Balaban J connectivity index is 1.32. The molecule has 3 aromatic rings. The van der Waals surface area contributed by atoms with Crippen LogP contribution in [-0.4, -0.2) is 48.4 Å². The fraction of sp³-hybridized carbons (Fsp3) is 0.250. The van der Waals surface area contributed by atoms with Crippen molar-refractivity contribution in [3.8, 4) is 10.6 Å². The second-order valence-corrected chi connectivity index (χ2v) is 9.78. The minimum atomic E-state index is -3.77. The van der Waals surface area contributed by atoms with Crippen LogP contribution < -0.4 is 10.5 Å². The molecule has 1 aliphatic rings. The number of sulfonamides is 1. The number of nitrogens with one attached hydrogen (secondary N) is 2. The van der Waals surface area contributed by atoms with Crippen LogP contribution in [0.15, 0.2) is 52.7 Å². The number of hydrogen-bond donors (Lipinski definition) is 3. The third-order valence-corrected chi connectivity index (χ3v) is 7.02. The van der Waals surface area contributed by atoms with Crippen molar-refractivity contribution < 1.29 is 18.0 Å². The number of aromatic nitrogens is 2. The molecule has 4 rings (SSSR count). The number of aromatic amines is 1. The molecule has 9 nitrogen and oxygen atoms in total. The van der Waals surface area contributed by atoms with Gasteiger partial charge in [0.15, 0.2) is 5.69 Å². The van der Waals surface area contributed by atoms with Crippen LogP contribution >= 0.6 is 11.3 Å². The molecule has 31 heavy (non-hydrogen) atoms. The van der Waals surface area contributed by atoms with Crippen LogP contribution in [0.5, 0.6) is 0 Å². The van der Waals surface area contributed by atoms with Crippen LogP contribution in [-0.2, 0) is 14.8 Å². The number of H-pyrrole nitrogens is 1. The molecule has 4 N–H and O–H groups in total. The van der Waals surface area contributed by atoms with Crippen LogP contribution in [0.25, 0.3) is 10.6 Å². The summed E-state index contributed by atoms with van der Waals surface area (Å²) in [6.07, 6.45) is 1.07. The second-order valence-electron chi connectivity index (χ2n) is 7.27. The average Bonchev–Trinajstić information content (AvgIpc) is 3.45. The van der Waals surface area contributed by atoms with E-state index in [1.165, 1.54) is 24.3 Å². The highest BCUT2D eigenvalue weighted by atomic mass is 32.2. The van der Waals surface area contributed by atoms with Gasteiger partial charge in [0.25, 0.3) is 5.91 Å². The number of nitrogens with two attached hydrogens (primary N) is 1. The summed E-state index contributed by atoms with van der Waals surface area (Å²) in [5.74, 6) is -0.547. The van der Waals surface area contributed by atoms with E-state index in [2.05, 4.69) is 15.5 Å². The zero-order valence-electron chi connectivity index (χ0n) is 16.4. The van der Waals surface area contributed by atoms with E-state index in [0.29, 0.717) is 37.3 Å². The van der Waals surface area contributed by atoms with Gasteiger partial charge in [-0.1, -0.05) is 6.07 Å². The van der Waals surface area contributed by atoms with Gasteiger partial charge in [-0.25, -0.2) is 13.6 Å². The van der Waals surface area contributed by atoms with Crippen LogP contribution in [0.1, 0.15) is 23.3 Å². The zero-order valence-corrected chi connectivity index (χ0v) is 18.1. The van der Waals surface area contributed by atoms with E-state index < -0.39 is 10.0 Å². The maximum Gasteiger partial charge on any atom is 0.274 e. The lowest BCUT2D eigenvalue weighted by Gasteiger charge is -2.30. The molecule has 1 aromatic carbocycles. The van der Waals surface area contributed by atoms with Crippen LogP contribution in [0.2, 0.25) is 0 Å². The number of likely N-dealkylation sites (tertiary alicyclic amines) is 1. The van der Waals surface area contributed by atoms with Crippen LogP contribution in [0.3, 0.4) is 0 Å². The molecule has 1 fully saturated rings. The molecule has 0 spiro atoms. The number of rotatable bonds is 5. The topological polar surface area (TPSA) is 138 Å². The molecule has 0 bridgehead atoms. The number of anilines is 1. The third kappa shape index (κ3) is 4.84. The highest BCUT2D eigenvalue weighted by molar-refractivity contribution is 7.89. The van der Waals surface area contributed by atoms with Gasteiger partial charge < -0.3 is 10.2 Å². The molecule has 0 radical (unpaired) electrons. The van der Waals surface area contributed by atoms with Crippen molar-refractivity contribution in [1.82, 2.24) is 15.1 Å². The van der Waals surface area contributed by atoms with Crippen molar-refractivity contribution in [1.29, 1.82) is 0 Å². The lowest BCUT2D eigenvalue weighted by atomic mass is 9.95. The maximum absolute atomic E-state index is 12.8. The molecule has 11 heteroatoms. The summed E-state index contributed by atoms with van der Waals surface area (Å²) in [7, 11) is -3.77. The van der Waals surface area contributed by atoms with Crippen LogP contribution in [0.4, 0.5) is 5.69 Å². The maximum atomic E-state index is 12.8. The molecule has 0 atom stereocenters. The van der Waals surface area contributed by atoms with E-state index in [9.17, 15) is 18.0 Å². The molecule has 3 heterocycles. The molecule has 2 amide bonds. The molecule has 2 aromatic heterocycles. The first-order valence-electron chi connectivity index (χ1n) is 9.63. The normalized spacial score (nSPS) is 15.1. The summed E-state index contributed by atoms with van der Waals surface area (Å²) in [5, 5.41) is 16.9. The van der Waals surface area contributed by atoms with Gasteiger partial charge in [-0.05, 0) is 54.6 Å². The van der Waals surface area contributed by atoms with E-state index in [-0.39, 0.29) is 22.6 Å². The summed E-state index contributed by atoms with van der Waals surface area (Å²) in [4.78, 5) is 28.0. The van der Waals surface area contributed by atoms with Gasteiger partial charge >= 0.3 is 0 Å². The number of carbonyl (C=O) groups excluding carboxylic acids is 2. The average molecular weight is 460 g/mol. The summed E-state index contributed by atoms with van der Waals surface area (Å²) in [6, 6.07) is 11.3. The standard InChI is InChI=1S/C20H21N5O4S2/c21-31(28,29)15-5-3-14(4-6-15)22-19(26)13-7-9-25(10-8-13)20(27)17-12-16(23-24-17)18-2-1-11-30-18/h1-6,11-13H,7-10H2,(H,22,26)(H,23,24)(H2,21,28,29). The summed E-state index contributed by atoms with van der Waals surface area (Å²) >= 11 is 1.57. The highest BCUT2D eigenvalue weighted by Crippen LogP contribution is 2.25. The minimum Gasteiger partial charge on any atom is -0.337 e. The predicted octanol–water partition coefficient (Wildman–Crippen LogP) is 2.28. The van der Waals surface area contributed by atoms with Crippen molar-refractivity contribution >= 4 is 38.9 Å². The largest absolute Gasteiger partial charge is 0.337 e. The summed E-state index contributed by atoms with van der Waals surface area (Å²) in [5.41, 5.74) is 1.66. The molecule has 0 aliphatic carbocycles. The quantitative estimate of drug-likeness (QED) is 0.537. The minimum absolute atomic E-state index is 0.0158. The van der Waals surface area contributed by atoms with Crippen molar-refractivity contribution in [3.05, 3.63) is 53.5 Å². The Labute approximate surface area is 183 Å². The van der Waals surface area contributed by atoms with Gasteiger partial charge in [0, 0.05) is 24.7 Å². The molecular weight excluding hydrogens is 438 g/mol. The van der Waals surface area contributed by atoms with E-state index in [4.69, 9.17) is 5.14 Å². The number of piperidine rings is 1. The Kier molecular flexibility index (Phi) is 5.90.